The Morgan fingerprint density at radius 2 is 1.86 bits per heavy atom. The van der Waals surface area contributed by atoms with Crippen LogP contribution in [-0.4, -0.2) is 19.0 Å². The van der Waals surface area contributed by atoms with E-state index in [-0.39, 0.29) is 0 Å². The summed E-state index contributed by atoms with van der Waals surface area (Å²) in [6, 6.07) is -0.668. The lowest BCUT2D eigenvalue weighted by Crippen LogP contribution is -2.40. The Bertz CT molecular complexity index is 165. The highest BCUT2D eigenvalue weighted by atomic mass is 19.3. The monoisotopic (exact) mass is 205 g/mol. The first kappa shape index (κ1) is 11.9. The molecule has 14 heavy (non-hydrogen) atoms. The van der Waals surface area contributed by atoms with Crippen LogP contribution in [0.2, 0.25) is 0 Å². The van der Waals surface area contributed by atoms with Gasteiger partial charge in [0, 0.05) is 6.54 Å². The minimum Gasteiger partial charge on any atom is -0.309 e. The maximum absolute atomic E-state index is 12.3. The minimum absolute atomic E-state index is 0.309. The number of nitrogens with one attached hydrogen (secondary N) is 1. The molecule has 0 aromatic rings. The fourth-order valence-corrected chi connectivity index (χ4v) is 2.25. The first-order valence-corrected chi connectivity index (χ1v) is 5.61. The second-order valence-electron chi connectivity index (χ2n) is 4.56. The van der Waals surface area contributed by atoms with Crippen LogP contribution >= 0.6 is 0 Å². The molecule has 1 fully saturated rings. The van der Waals surface area contributed by atoms with Crippen LogP contribution in [0.1, 0.15) is 46.0 Å². The molecule has 1 N–H and O–H groups in total. The van der Waals surface area contributed by atoms with Crippen molar-refractivity contribution in [3.63, 3.8) is 0 Å². The van der Waals surface area contributed by atoms with Crippen LogP contribution < -0.4 is 5.32 Å². The molecule has 3 heteroatoms. The van der Waals surface area contributed by atoms with E-state index < -0.39 is 12.5 Å². The molecule has 1 saturated carbocycles. The third-order valence-corrected chi connectivity index (χ3v) is 3.59. The van der Waals surface area contributed by atoms with E-state index in [9.17, 15) is 8.78 Å². The van der Waals surface area contributed by atoms with E-state index >= 15 is 0 Å². The second kappa shape index (κ2) is 5.06. The van der Waals surface area contributed by atoms with Crippen molar-refractivity contribution in [1.82, 2.24) is 5.32 Å². The summed E-state index contributed by atoms with van der Waals surface area (Å²) in [5.74, 6) is 0. The molecule has 0 aromatic heterocycles. The molecule has 1 atom stereocenters. The quantitative estimate of drug-likeness (QED) is 0.726. The molecule has 1 nitrogen and oxygen atoms in total. The SMILES string of the molecule is CCC1(CNC(C)C(F)F)CCCC1. The van der Waals surface area contributed by atoms with Gasteiger partial charge in [-0.25, -0.2) is 8.78 Å². The highest BCUT2D eigenvalue weighted by molar-refractivity contribution is 4.86. The molecule has 0 bridgehead atoms. The zero-order chi connectivity index (χ0) is 10.6. The van der Waals surface area contributed by atoms with Crippen molar-refractivity contribution < 1.29 is 8.78 Å². The Hall–Kier alpha value is -0.180. The van der Waals surface area contributed by atoms with Gasteiger partial charge >= 0.3 is 0 Å². The van der Waals surface area contributed by atoms with Gasteiger partial charge in [-0.3, -0.25) is 0 Å². The predicted octanol–water partition coefficient (Wildman–Crippen LogP) is 3.20. The zero-order valence-electron chi connectivity index (χ0n) is 9.15. The van der Waals surface area contributed by atoms with E-state index in [0.29, 0.717) is 5.41 Å². The van der Waals surface area contributed by atoms with Gasteiger partial charge < -0.3 is 5.32 Å². The average molecular weight is 205 g/mol. The smallest absolute Gasteiger partial charge is 0.253 e. The summed E-state index contributed by atoms with van der Waals surface area (Å²) in [6.07, 6.45) is 3.79. The molecule has 0 aromatic carbocycles. The van der Waals surface area contributed by atoms with Gasteiger partial charge in [0.1, 0.15) is 0 Å². The van der Waals surface area contributed by atoms with Crippen molar-refractivity contribution in [2.24, 2.45) is 5.41 Å². The van der Waals surface area contributed by atoms with Crippen molar-refractivity contribution in [2.45, 2.75) is 58.4 Å². The summed E-state index contributed by atoms with van der Waals surface area (Å²) < 4.78 is 24.5. The Balaban J connectivity index is 2.34. The largest absolute Gasteiger partial charge is 0.309 e. The molecule has 1 rings (SSSR count). The van der Waals surface area contributed by atoms with Gasteiger partial charge in [0.05, 0.1) is 6.04 Å². The molecule has 1 aliphatic carbocycles. The van der Waals surface area contributed by atoms with Crippen LogP contribution in [0.4, 0.5) is 8.78 Å². The minimum atomic E-state index is -2.25. The number of alkyl halides is 2. The van der Waals surface area contributed by atoms with Crippen LogP contribution in [-0.2, 0) is 0 Å². The van der Waals surface area contributed by atoms with Gasteiger partial charge in [0.25, 0.3) is 6.43 Å². The second-order valence-corrected chi connectivity index (χ2v) is 4.56. The predicted molar refractivity (Wildman–Crippen MR) is 54.7 cm³/mol. The summed E-state index contributed by atoms with van der Waals surface area (Å²) in [7, 11) is 0. The molecule has 0 saturated heterocycles. The molecular formula is C11H21F2N. The maximum Gasteiger partial charge on any atom is 0.253 e. The lowest BCUT2D eigenvalue weighted by atomic mass is 9.83. The number of hydrogen-bond acceptors (Lipinski definition) is 1. The average Bonchev–Trinajstić information content (AvgIpc) is 2.63. The molecule has 0 radical (unpaired) electrons. The van der Waals surface area contributed by atoms with Gasteiger partial charge in [0.2, 0.25) is 0 Å². The summed E-state index contributed by atoms with van der Waals surface area (Å²) >= 11 is 0. The van der Waals surface area contributed by atoms with Gasteiger partial charge in [-0.2, -0.15) is 0 Å². The maximum atomic E-state index is 12.3. The molecule has 1 unspecified atom stereocenters. The van der Waals surface area contributed by atoms with Crippen LogP contribution in [0, 0.1) is 5.41 Å². The van der Waals surface area contributed by atoms with Crippen LogP contribution in [0.15, 0.2) is 0 Å². The van der Waals surface area contributed by atoms with Gasteiger partial charge in [0.15, 0.2) is 0 Å². The van der Waals surface area contributed by atoms with Gasteiger partial charge in [-0.1, -0.05) is 19.8 Å². The topological polar surface area (TPSA) is 12.0 Å². The molecule has 0 aliphatic heterocycles. The Morgan fingerprint density at radius 3 is 2.29 bits per heavy atom. The van der Waals surface area contributed by atoms with E-state index in [1.165, 1.54) is 25.7 Å². The van der Waals surface area contributed by atoms with Crippen molar-refractivity contribution in [1.29, 1.82) is 0 Å². The fraction of sp³-hybridized carbons (Fsp3) is 1.00. The van der Waals surface area contributed by atoms with Crippen LogP contribution in [0.25, 0.3) is 0 Å². The molecule has 84 valence electrons. The van der Waals surface area contributed by atoms with Crippen LogP contribution in [0.5, 0.6) is 0 Å². The highest BCUT2D eigenvalue weighted by Gasteiger charge is 2.32. The standard InChI is InChI=1S/C11H21F2N/c1-3-11(6-4-5-7-11)8-14-9(2)10(12)13/h9-10,14H,3-8H2,1-2H3. The number of hydrogen-bond donors (Lipinski definition) is 1. The van der Waals surface area contributed by atoms with E-state index in [4.69, 9.17) is 0 Å². The lowest BCUT2D eigenvalue weighted by Gasteiger charge is -2.29. The van der Waals surface area contributed by atoms with Crippen molar-refractivity contribution >= 4 is 0 Å². The summed E-state index contributed by atoms with van der Waals surface area (Å²) in [4.78, 5) is 0. The molecule has 0 spiro atoms. The molecule has 1 aliphatic rings. The number of rotatable bonds is 5. The highest BCUT2D eigenvalue weighted by Crippen LogP contribution is 2.40. The summed E-state index contributed by atoms with van der Waals surface area (Å²) in [5, 5.41) is 2.97. The van der Waals surface area contributed by atoms with E-state index in [1.54, 1.807) is 6.92 Å². The van der Waals surface area contributed by atoms with Crippen LogP contribution in [0.3, 0.4) is 0 Å². The molecular weight excluding hydrogens is 184 g/mol. The molecule has 0 amide bonds. The fourth-order valence-electron chi connectivity index (χ4n) is 2.25. The Morgan fingerprint density at radius 1 is 1.29 bits per heavy atom. The van der Waals surface area contributed by atoms with E-state index in [2.05, 4.69) is 12.2 Å². The van der Waals surface area contributed by atoms with Gasteiger partial charge in [-0.05, 0) is 31.6 Å². The summed E-state index contributed by atoms with van der Waals surface area (Å²) in [5.41, 5.74) is 0.309. The van der Waals surface area contributed by atoms with Crippen molar-refractivity contribution in [2.75, 3.05) is 6.54 Å². The van der Waals surface area contributed by atoms with E-state index in [1.807, 2.05) is 0 Å². The Labute approximate surface area is 85.3 Å². The van der Waals surface area contributed by atoms with Gasteiger partial charge in [-0.15, -0.1) is 0 Å². The first-order valence-electron chi connectivity index (χ1n) is 5.61. The van der Waals surface area contributed by atoms with E-state index in [0.717, 1.165) is 13.0 Å². The number of halogens is 2. The zero-order valence-corrected chi connectivity index (χ0v) is 9.15. The summed E-state index contributed by atoms with van der Waals surface area (Å²) in [6.45, 7) is 4.48. The normalized spacial score (nSPS) is 22.9. The van der Waals surface area contributed by atoms with Crippen molar-refractivity contribution in [3.05, 3.63) is 0 Å². The molecule has 0 heterocycles. The first-order chi connectivity index (χ1) is 6.59. The third-order valence-electron chi connectivity index (χ3n) is 3.59. The lowest BCUT2D eigenvalue weighted by molar-refractivity contribution is 0.0971. The Kier molecular flexibility index (Phi) is 4.30. The third kappa shape index (κ3) is 2.91. The van der Waals surface area contributed by atoms with Crippen molar-refractivity contribution in [3.8, 4) is 0 Å².